The van der Waals surface area contributed by atoms with Gasteiger partial charge in [-0.2, -0.15) is 19.2 Å². The molecule has 1 N–H and O–H groups in total. The van der Waals surface area contributed by atoms with E-state index in [1.54, 1.807) is 29.1 Å². The number of hydrogen-bond acceptors (Lipinski definition) is 11. The molecule has 6 heterocycles. The van der Waals surface area contributed by atoms with Crippen molar-refractivity contribution in [3.8, 4) is 0 Å². The highest BCUT2D eigenvalue weighted by Crippen LogP contribution is 2.40. The molecule has 0 radical (unpaired) electrons. The highest BCUT2D eigenvalue weighted by atomic mass is 16.6. The smallest absolute Gasteiger partial charge is 0.410 e. The Labute approximate surface area is 334 Å². The summed E-state index contributed by atoms with van der Waals surface area (Å²) in [6.07, 6.45) is 14.8. The maximum Gasteiger partial charge on any atom is 0.410 e. The average Bonchev–Trinajstić information content (AvgIpc) is 3.20. The minimum Gasteiger partial charge on any atom is -0.444 e. The molecule has 57 heavy (non-hydrogen) atoms. The van der Waals surface area contributed by atoms with E-state index in [-0.39, 0.29) is 34.9 Å². The summed E-state index contributed by atoms with van der Waals surface area (Å²) in [7, 11) is 0. The molecule has 0 aromatic carbocycles. The van der Waals surface area contributed by atoms with Gasteiger partial charge >= 0.3 is 18.4 Å². The van der Waals surface area contributed by atoms with Crippen LogP contribution in [-0.2, 0) is 37.0 Å². The van der Waals surface area contributed by atoms with E-state index in [0.29, 0.717) is 12.0 Å². The molecule has 0 bridgehead atoms. The number of aromatic nitrogens is 4. The van der Waals surface area contributed by atoms with E-state index < -0.39 is 5.60 Å². The maximum absolute atomic E-state index is 12.4. The van der Waals surface area contributed by atoms with Crippen molar-refractivity contribution in [3.63, 3.8) is 0 Å². The van der Waals surface area contributed by atoms with E-state index in [9.17, 15) is 14.4 Å². The number of pyridine rings is 4. The highest BCUT2D eigenvalue weighted by molar-refractivity contribution is 5.75. The van der Waals surface area contributed by atoms with Crippen molar-refractivity contribution in [1.29, 1.82) is 0 Å². The van der Waals surface area contributed by atoms with Crippen LogP contribution in [-0.4, -0.2) is 74.2 Å². The number of carbonyl (C=O) groups is 1. The Balaban J connectivity index is 0.000000275. The summed E-state index contributed by atoms with van der Waals surface area (Å²) in [4.78, 5) is 80.0. The van der Waals surface area contributed by atoms with Crippen LogP contribution in [0.2, 0.25) is 0 Å². The second-order valence-corrected chi connectivity index (χ2v) is 15.8. The van der Waals surface area contributed by atoms with Gasteiger partial charge in [0.25, 0.3) is 11.1 Å². The molecule has 14 heteroatoms. The molecule has 0 unspecified atom stereocenters. The number of piperidine rings is 2. The van der Waals surface area contributed by atoms with Crippen LogP contribution in [0.4, 0.5) is 4.79 Å². The number of fused-ring (bicyclic) bond motifs is 2. The van der Waals surface area contributed by atoms with Crippen LogP contribution in [0, 0.1) is 10.8 Å². The molecule has 0 spiro atoms. The molecular weight excluding hydrogens is 729 g/mol. The number of hydrogen-bond donors (Lipinski definition) is 1. The first kappa shape index (κ1) is 46.1. The zero-order chi connectivity index (χ0) is 41.9. The van der Waals surface area contributed by atoms with E-state index in [0.717, 1.165) is 93.3 Å². The lowest BCUT2D eigenvalue weighted by Gasteiger charge is -2.41. The summed E-state index contributed by atoms with van der Waals surface area (Å²) >= 11 is 0. The first-order chi connectivity index (χ1) is 27.3. The van der Waals surface area contributed by atoms with Crippen LogP contribution in [0.5, 0.6) is 0 Å². The third-order valence-corrected chi connectivity index (χ3v) is 11.3. The number of nitrogens with zero attached hydrogens (tertiary/aromatic N) is 5. The summed E-state index contributed by atoms with van der Waals surface area (Å²) in [5, 5.41) is 5.48. The maximum atomic E-state index is 12.4. The monoisotopic (exact) mass is 786 g/mol. The van der Waals surface area contributed by atoms with Crippen molar-refractivity contribution in [3.05, 3.63) is 81.6 Å². The molecule has 0 atom stereocenters. The largest absolute Gasteiger partial charge is 0.444 e. The molecule has 0 saturated carbocycles. The molecule has 4 aromatic rings. The van der Waals surface area contributed by atoms with Gasteiger partial charge < -0.3 is 15.0 Å². The van der Waals surface area contributed by atoms with Gasteiger partial charge in [0, 0.05) is 61.5 Å². The Kier molecular flexibility index (Phi) is 18.2. The third kappa shape index (κ3) is 13.7. The predicted octanol–water partition coefficient (Wildman–Crippen LogP) is 6.39. The van der Waals surface area contributed by atoms with Crippen LogP contribution in [0.15, 0.2) is 70.5 Å². The van der Waals surface area contributed by atoms with Crippen molar-refractivity contribution in [2.24, 2.45) is 10.8 Å². The van der Waals surface area contributed by atoms with Gasteiger partial charge in [0.1, 0.15) is 16.9 Å². The minimum atomic E-state index is -0.462. The zero-order valence-electron chi connectivity index (χ0n) is 34.1. The van der Waals surface area contributed by atoms with Gasteiger partial charge in [-0.15, -0.1) is 0 Å². The molecule has 308 valence electrons. The standard InChI is InChI=1S/C23H33N3O3.C18H25N3O.2CO2/c1-5-23(12-16-25(17-13-23)21(28)29-22(2,3)4)11-7-15-26-19(27)10-9-18-8-6-14-24-20(18)26;1-2-18(9-12-19-13-10-18)8-4-14-21-16(22)7-6-15-5-3-11-20-17(15)21;2*2-1-3/h6,8-10,14H,5,7,11-13,15-17H2,1-4H3;3,5-7,11,19H,2,4,8-10,12-14H2,1H3;;. The lowest BCUT2D eigenvalue weighted by Crippen LogP contribution is -2.45. The van der Waals surface area contributed by atoms with Gasteiger partial charge in [-0.3, -0.25) is 18.7 Å². The Hall–Kier alpha value is -5.29. The molecule has 6 rings (SSSR count). The zero-order valence-corrected chi connectivity index (χ0v) is 34.1. The van der Waals surface area contributed by atoms with Crippen molar-refractivity contribution in [1.82, 2.24) is 29.3 Å². The summed E-state index contributed by atoms with van der Waals surface area (Å²) in [6, 6.07) is 14.8. The molecule has 2 saturated heterocycles. The number of carbonyl (C=O) groups excluding carboxylic acids is 5. The third-order valence-electron chi connectivity index (χ3n) is 11.3. The summed E-state index contributed by atoms with van der Waals surface area (Å²) in [5.41, 5.74) is 1.85. The molecule has 0 aliphatic carbocycles. The first-order valence-electron chi connectivity index (χ1n) is 19.9. The Bertz CT molecular complexity index is 2050. The van der Waals surface area contributed by atoms with Gasteiger partial charge in [0.2, 0.25) is 0 Å². The number of aryl methyl sites for hydroxylation is 2. The Morgan fingerprint density at radius 2 is 1.14 bits per heavy atom. The fraction of sp³-hybridized carbons (Fsp3) is 0.558. The second-order valence-electron chi connectivity index (χ2n) is 15.8. The molecule has 2 aliphatic heterocycles. The van der Waals surface area contributed by atoms with Crippen molar-refractivity contribution < 1.29 is 28.7 Å². The quantitative estimate of drug-likeness (QED) is 0.188. The minimum absolute atomic E-state index is 0.00138. The SMILES string of the molecule is CCC1(CCCn2c(=O)ccc3cccnc32)CCN(C(=O)OC(C)(C)C)CC1.CCC1(CCCn2c(=O)ccc3cccnc32)CCNCC1.O=C=O.O=C=O. The number of rotatable bonds is 10. The predicted molar refractivity (Wildman–Crippen MR) is 215 cm³/mol. The number of amides is 1. The van der Waals surface area contributed by atoms with Crippen molar-refractivity contribution in [2.75, 3.05) is 26.2 Å². The van der Waals surface area contributed by atoms with Gasteiger partial charge in [-0.25, -0.2) is 14.8 Å². The lowest BCUT2D eigenvalue weighted by atomic mass is 9.73. The molecule has 2 aliphatic rings. The average molecular weight is 787 g/mol. The van der Waals surface area contributed by atoms with E-state index in [1.807, 2.05) is 66.6 Å². The normalized spacial score (nSPS) is 15.6. The van der Waals surface area contributed by atoms with E-state index in [2.05, 4.69) is 29.1 Å². The molecule has 4 aromatic heterocycles. The first-order valence-corrected chi connectivity index (χ1v) is 19.9. The topological polar surface area (TPSA) is 180 Å². The van der Waals surface area contributed by atoms with Gasteiger partial charge in [0.05, 0.1) is 0 Å². The number of ether oxygens (including phenoxy) is 1. The highest BCUT2D eigenvalue weighted by Gasteiger charge is 2.35. The summed E-state index contributed by atoms with van der Waals surface area (Å²) in [6.45, 7) is 15.4. The van der Waals surface area contributed by atoms with Gasteiger partial charge in [0.15, 0.2) is 0 Å². The summed E-state index contributed by atoms with van der Waals surface area (Å²) in [5.74, 6) is 0. The summed E-state index contributed by atoms with van der Waals surface area (Å²) < 4.78 is 9.13. The van der Waals surface area contributed by atoms with Crippen molar-refractivity contribution >= 4 is 40.5 Å². The molecular formula is C43H58N6O8. The van der Waals surface area contributed by atoms with Crippen LogP contribution in [0.3, 0.4) is 0 Å². The van der Waals surface area contributed by atoms with Gasteiger partial charge in [-0.1, -0.05) is 26.7 Å². The van der Waals surface area contributed by atoms with Crippen LogP contribution < -0.4 is 16.4 Å². The number of nitrogens with one attached hydrogen (secondary N) is 1. The van der Waals surface area contributed by atoms with Gasteiger partial charge in [-0.05, 0) is 132 Å². The Morgan fingerprint density at radius 1 is 0.719 bits per heavy atom. The van der Waals surface area contributed by atoms with Crippen LogP contribution >= 0.6 is 0 Å². The van der Waals surface area contributed by atoms with Crippen LogP contribution in [0.25, 0.3) is 22.1 Å². The molecule has 14 nitrogen and oxygen atoms in total. The lowest BCUT2D eigenvalue weighted by molar-refractivity contribution is -0.193. The van der Waals surface area contributed by atoms with E-state index in [4.69, 9.17) is 23.9 Å². The van der Waals surface area contributed by atoms with Crippen molar-refractivity contribution in [2.45, 2.75) is 118 Å². The van der Waals surface area contributed by atoms with E-state index in [1.165, 1.54) is 25.7 Å². The number of likely N-dealkylation sites (tertiary alicyclic amines) is 1. The Morgan fingerprint density at radius 3 is 1.54 bits per heavy atom. The fourth-order valence-corrected chi connectivity index (χ4v) is 7.91. The second kappa shape index (κ2) is 22.5. The molecule has 1 amide bonds. The van der Waals surface area contributed by atoms with E-state index >= 15 is 0 Å². The molecule has 2 fully saturated rings. The van der Waals surface area contributed by atoms with Crippen LogP contribution in [0.1, 0.15) is 98.8 Å². The fourth-order valence-electron chi connectivity index (χ4n) is 7.91.